The van der Waals surface area contributed by atoms with Crippen molar-refractivity contribution in [2.24, 2.45) is 41.4 Å². The van der Waals surface area contributed by atoms with Crippen LogP contribution in [0.25, 0.3) is 0 Å². The summed E-state index contributed by atoms with van der Waals surface area (Å²) in [5, 5.41) is 8.77. The van der Waals surface area contributed by atoms with E-state index < -0.39 is 157 Å². The lowest BCUT2D eigenvalue weighted by Crippen LogP contribution is -2.60. The molecule has 0 unspecified atom stereocenters. The minimum atomic E-state index is -4.34. The van der Waals surface area contributed by atoms with E-state index in [-0.39, 0.29) is 93.4 Å². The zero-order valence-electron chi connectivity index (χ0n) is 58.1. The van der Waals surface area contributed by atoms with Crippen molar-refractivity contribution in [3.05, 3.63) is 0 Å². The Morgan fingerprint density at radius 1 is 0.511 bits per heavy atom. The monoisotopic (exact) mass is 1350 g/mol. The molecule has 0 bridgehead atoms. The molecular weight excluding hydrogens is 1240 g/mol. The van der Waals surface area contributed by atoms with Gasteiger partial charge in [-0.3, -0.25) is 52.7 Å². The van der Waals surface area contributed by atoms with Gasteiger partial charge in [0, 0.05) is 67.3 Å². The fourth-order valence-corrected chi connectivity index (χ4v) is 15.4. The second kappa shape index (κ2) is 35.0. The number of amides is 11. The highest BCUT2D eigenvalue weighted by molar-refractivity contribution is 6.20. The van der Waals surface area contributed by atoms with Crippen LogP contribution in [0.1, 0.15) is 189 Å². The summed E-state index contributed by atoms with van der Waals surface area (Å²) in [5.41, 5.74) is 0. The van der Waals surface area contributed by atoms with Crippen molar-refractivity contribution < 1.29 is 65.9 Å². The summed E-state index contributed by atoms with van der Waals surface area (Å²) in [7, 11) is 10.2. The molecular formula is C68H111ClF3N11O11. The van der Waals surface area contributed by atoms with Gasteiger partial charge in [0.25, 0.3) is 0 Å². The van der Waals surface area contributed by atoms with Crippen LogP contribution in [0.3, 0.4) is 0 Å². The molecule has 0 aromatic carbocycles. The van der Waals surface area contributed by atoms with Crippen molar-refractivity contribution in [3.63, 3.8) is 0 Å². The largest absolute Gasteiger partial charge is 0.391 e. The third-order valence-electron chi connectivity index (χ3n) is 21.8. The summed E-state index contributed by atoms with van der Waals surface area (Å²) in [6.07, 6.45) is 6.81. The molecule has 0 spiro atoms. The smallest absolute Gasteiger partial charge is 0.351 e. The Bertz CT molecular complexity index is 2650. The zero-order chi connectivity index (χ0) is 69.6. The number of likely N-dealkylation sites (N-methyl/N-ethyl adjacent to an activating group) is 7. The molecule has 2 saturated heterocycles. The molecule has 10 atom stereocenters. The van der Waals surface area contributed by atoms with E-state index in [1.807, 2.05) is 20.8 Å². The fraction of sp³-hybridized carbons (Fsp3) is 0.838. The van der Waals surface area contributed by atoms with Gasteiger partial charge in [-0.25, -0.2) is 0 Å². The average molecular weight is 1350 g/mol. The summed E-state index contributed by atoms with van der Waals surface area (Å²) < 4.78 is 41.5. The molecule has 2 aliphatic heterocycles. The van der Waals surface area contributed by atoms with Crippen LogP contribution >= 0.6 is 11.6 Å². The Morgan fingerprint density at radius 3 is 1.69 bits per heavy atom. The van der Waals surface area contributed by atoms with Crippen molar-refractivity contribution in [2.75, 3.05) is 75.5 Å². The molecule has 6 aliphatic rings. The molecule has 4 saturated carbocycles. The maximum atomic E-state index is 15.4. The van der Waals surface area contributed by atoms with Crippen LogP contribution in [0.5, 0.6) is 0 Å². The summed E-state index contributed by atoms with van der Waals surface area (Å²) in [6.45, 7) is 7.58. The van der Waals surface area contributed by atoms with Crippen LogP contribution < -0.4 is 16.0 Å². The van der Waals surface area contributed by atoms with Crippen molar-refractivity contribution >= 4 is 76.6 Å². The molecule has 94 heavy (non-hydrogen) atoms. The van der Waals surface area contributed by atoms with Gasteiger partial charge in [0.15, 0.2) is 0 Å². The third kappa shape index (κ3) is 20.4. The number of nitrogens with one attached hydrogen (secondary N) is 3. The Kier molecular flexibility index (Phi) is 28.7. The number of hydrogen-bond acceptors (Lipinski definition) is 11. The Labute approximate surface area is 560 Å². The van der Waals surface area contributed by atoms with Crippen LogP contribution in [0.15, 0.2) is 0 Å². The minimum absolute atomic E-state index is 0.0175. The molecule has 0 aromatic rings. The molecule has 0 aromatic heterocycles. The highest BCUT2D eigenvalue weighted by Crippen LogP contribution is 2.41. The van der Waals surface area contributed by atoms with Gasteiger partial charge in [0.2, 0.25) is 65.0 Å². The lowest BCUT2D eigenvalue weighted by Gasteiger charge is -2.39. The number of rotatable bonds is 11. The molecule has 532 valence electrons. The first kappa shape index (κ1) is 77.3. The summed E-state index contributed by atoms with van der Waals surface area (Å²) in [6, 6.07) is -8.44. The van der Waals surface area contributed by atoms with Crippen LogP contribution in [-0.2, 0) is 52.7 Å². The first-order chi connectivity index (χ1) is 44.2. The number of hydrogen-bond donors (Lipinski definition) is 3. The summed E-state index contributed by atoms with van der Waals surface area (Å²) in [4.78, 5) is 172. The summed E-state index contributed by atoms with van der Waals surface area (Å²) in [5.74, 6) is -9.12. The van der Waals surface area contributed by atoms with E-state index in [1.165, 1.54) is 64.6 Å². The minimum Gasteiger partial charge on any atom is -0.351 e. The van der Waals surface area contributed by atoms with Crippen molar-refractivity contribution in [2.45, 2.75) is 249 Å². The summed E-state index contributed by atoms with van der Waals surface area (Å²) >= 11 is 6.50. The van der Waals surface area contributed by atoms with Crippen LogP contribution in [0.4, 0.5) is 13.2 Å². The first-order valence-corrected chi connectivity index (χ1v) is 35.4. The van der Waals surface area contributed by atoms with Gasteiger partial charge in [0.05, 0.1) is 31.5 Å². The topological polar surface area (TPSA) is 250 Å². The van der Waals surface area contributed by atoms with E-state index in [1.54, 1.807) is 27.9 Å². The van der Waals surface area contributed by atoms with Gasteiger partial charge >= 0.3 is 6.18 Å². The first-order valence-electron chi connectivity index (χ1n) is 34.9. The Morgan fingerprint density at radius 2 is 1.09 bits per heavy atom. The van der Waals surface area contributed by atoms with Crippen molar-refractivity contribution in [1.29, 1.82) is 0 Å². The SMILES string of the molecule is CC[C@H](C)[C@@H]1NC(=O)[C@H](C)N(C)C(=O)[C@@H]2CCC[C@H]2NC(=O)[C@H](CC(C)C)N(C)C(=O)[C@H](CC2CCCCC2)N(C)C(=O)[C@@H]2CCCN2C(=O)[C@H](CCC2CCC(C(F)(F)F)CC2)NC(=O)CN(C)C(=O)[C@H](CC2CCC(Cl)CC2)N(C)C(=O)CN(C)C(=O)CN(C)C1=O. The standard InChI is InChI=1S/C68H111ClF3N11O11/c1-13-42(4)59-67(94)78(8)39-57(85)76(6)40-58(86)80(10)54(37-46-26-31-48(69)32-27-46)64(91)77(7)38-56(84)73-51(33-28-44-24-29-47(30-25-44)68(70,71)72)63(90)83-34-18-23-52(83)65(92)82(12)55(36-45-19-15-14-16-20-45)66(93)81(11)53(35-41(2)3)61(88)74-50-22-17-21-49(50)62(89)79(9)43(5)60(87)75-59/h41-55,59H,13-40H2,1-12H3,(H,73,84)(H,74,88)(H,75,87)/t42-,43-,44?,46?,47?,48?,49+,50+,51-,52-,53-,54-,55-,59-/m0/s1. The quantitative estimate of drug-likeness (QED) is 0.192. The van der Waals surface area contributed by atoms with E-state index >= 15 is 14.4 Å². The second-order valence-corrected chi connectivity index (χ2v) is 29.7. The average Bonchev–Trinajstić information content (AvgIpc) is 1.46. The normalized spacial score (nSPS) is 31.8. The van der Waals surface area contributed by atoms with Gasteiger partial charge in [-0.05, 0) is 146 Å². The lowest BCUT2D eigenvalue weighted by molar-refractivity contribution is -0.184. The van der Waals surface area contributed by atoms with E-state index in [2.05, 4.69) is 16.0 Å². The van der Waals surface area contributed by atoms with E-state index in [9.17, 15) is 51.5 Å². The number of nitrogens with zero attached hydrogens (tertiary/aromatic N) is 8. The zero-order valence-corrected chi connectivity index (χ0v) is 58.9. The molecule has 6 rings (SSSR count). The lowest BCUT2D eigenvalue weighted by atomic mass is 9.79. The maximum absolute atomic E-state index is 15.4. The molecule has 22 nitrogen and oxygen atoms in total. The number of alkyl halides is 4. The molecule has 2 heterocycles. The van der Waals surface area contributed by atoms with E-state index in [0.29, 0.717) is 64.2 Å². The fourth-order valence-electron chi connectivity index (χ4n) is 15.1. The molecule has 11 amide bonds. The number of carbonyl (C=O) groups excluding carboxylic acids is 11. The third-order valence-corrected chi connectivity index (χ3v) is 22.3. The predicted molar refractivity (Wildman–Crippen MR) is 350 cm³/mol. The van der Waals surface area contributed by atoms with Crippen LogP contribution in [0, 0.1) is 41.4 Å². The van der Waals surface area contributed by atoms with Crippen molar-refractivity contribution in [1.82, 2.24) is 55.1 Å². The molecule has 3 N–H and O–H groups in total. The maximum Gasteiger partial charge on any atom is 0.391 e. The highest BCUT2D eigenvalue weighted by atomic mass is 35.5. The van der Waals surface area contributed by atoms with Gasteiger partial charge < -0.3 is 55.1 Å². The number of carbonyl (C=O) groups is 11. The Hall–Kier alpha value is -5.75. The van der Waals surface area contributed by atoms with Gasteiger partial charge in [-0.2, -0.15) is 13.2 Å². The van der Waals surface area contributed by atoms with Gasteiger partial charge in [0.1, 0.15) is 42.3 Å². The second-order valence-electron chi connectivity index (χ2n) is 29.1. The predicted octanol–water partition coefficient (Wildman–Crippen LogP) is 6.35. The molecule has 26 heteroatoms. The van der Waals surface area contributed by atoms with Gasteiger partial charge in [-0.1, -0.05) is 72.6 Å². The van der Waals surface area contributed by atoms with Gasteiger partial charge in [-0.15, -0.1) is 11.6 Å². The number of fused-ring (bicyclic) bond motifs is 2. The number of halogens is 4. The molecule has 4 aliphatic carbocycles. The van der Waals surface area contributed by atoms with E-state index in [0.717, 1.165) is 41.9 Å². The van der Waals surface area contributed by atoms with Crippen molar-refractivity contribution in [3.8, 4) is 0 Å². The highest BCUT2D eigenvalue weighted by Gasteiger charge is 2.47. The van der Waals surface area contributed by atoms with E-state index in [4.69, 9.17) is 11.6 Å². The van der Waals surface area contributed by atoms with Crippen LogP contribution in [-0.4, -0.2) is 240 Å². The molecule has 6 fully saturated rings. The molecule has 0 radical (unpaired) electrons. The van der Waals surface area contributed by atoms with Crippen LogP contribution in [0.2, 0.25) is 0 Å². The Balaban J connectivity index is 1.37.